The highest BCUT2D eigenvalue weighted by atomic mass is 35.5. The molecule has 0 spiro atoms. The van der Waals surface area contributed by atoms with Crippen LogP contribution in [0.3, 0.4) is 0 Å². The summed E-state index contributed by atoms with van der Waals surface area (Å²) in [7, 11) is 1.72. The second kappa shape index (κ2) is 15.8. The monoisotopic (exact) mass is 613 g/mol. The number of ether oxygens (including phenoxy) is 1. The number of benzene rings is 2. The molecule has 43 heavy (non-hydrogen) atoms. The number of imidazole rings is 1. The largest absolute Gasteiger partial charge is 0.372 e. The van der Waals surface area contributed by atoms with E-state index in [0.29, 0.717) is 19.4 Å². The summed E-state index contributed by atoms with van der Waals surface area (Å²) < 4.78 is 8.98. The number of amides is 3. The van der Waals surface area contributed by atoms with E-state index in [1.165, 1.54) is 15.7 Å². The molecule has 3 aromatic rings. The number of halogens is 1. The van der Waals surface area contributed by atoms with Crippen LogP contribution in [-0.2, 0) is 45.6 Å². The van der Waals surface area contributed by atoms with Crippen LogP contribution < -0.4 is 22.5 Å². The molecule has 0 bridgehead atoms. The van der Waals surface area contributed by atoms with Gasteiger partial charge in [-0.15, -0.1) is 12.4 Å². The number of aryl methyl sites for hydroxylation is 3. The van der Waals surface area contributed by atoms with Gasteiger partial charge in [-0.1, -0.05) is 43.2 Å². The van der Waals surface area contributed by atoms with Crippen LogP contribution in [-0.4, -0.2) is 39.0 Å². The zero-order chi connectivity index (χ0) is 30.2. The van der Waals surface area contributed by atoms with Crippen molar-refractivity contribution in [3.05, 3.63) is 69.6 Å². The molecule has 2 aromatic carbocycles. The summed E-state index contributed by atoms with van der Waals surface area (Å²) in [6.07, 6.45) is 7.57. The van der Waals surface area contributed by atoms with E-state index in [1.54, 1.807) is 11.6 Å². The lowest BCUT2D eigenvalue weighted by molar-refractivity contribution is -0.135. The second-order valence-electron chi connectivity index (χ2n) is 11.4. The quantitative estimate of drug-likeness (QED) is 0.176. The van der Waals surface area contributed by atoms with Crippen LogP contribution in [0.25, 0.3) is 11.0 Å². The Morgan fingerprint density at radius 2 is 1.60 bits per heavy atom. The maximum absolute atomic E-state index is 13.0. The molecule has 234 valence electrons. The number of piperidine rings is 1. The molecule has 1 saturated heterocycles. The molecule has 1 fully saturated rings. The van der Waals surface area contributed by atoms with Gasteiger partial charge >= 0.3 is 5.69 Å². The normalized spacial score (nSPS) is 16.5. The first kappa shape index (κ1) is 34.0. The van der Waals surface area contributed by atoms with E-state index in [2.05, 4.69) is 29.6 Å². The molecule has 1 aliphatic rings. The Morgan fingerprint density at radius 3 is 2.26 bits per heavy atom. The molecule has 3 amide bonds. The first-order valence-corrected chi connectivity index (χ1v) is 14.9. The van der Waals surface area contributed by atoms with Gasteiger partial charge < -0.3 is 16.2 Å². The van der Waals surface area contributed by atoms with Gasteiger partial charge in [-0.25, -0.2) is 4.79 Å². The number of carbonyl (C=O) groups is 3. The van der Waals surface area contributed by atoms with Gasteiger partial charge in [-0.05, 0) is 74.3 Å². The Morgan fingerprint density at radius 1 is 0.977 bits per heavy atom. The summed E-state index contributed by atoms with van der Waals surface area (Å²) in [5.74, 6) is -1.06. The van der Waals surface area contributed by atoms with E-state index in [-0.39, 0.29) is 54.9 Å². The number of nitrogens with two attached hydrogens (primary N) is 2. The zero-order valence-electron chi connectivity index (χ0n) is 25.1. The number of rotatable bonds is 15. The molecule has 0 radical (unpaired) electrons. The summed E-state index contributed by atoms with van der Waals surface area (Å²) in [6, 6.07) is 13.6. The van der Waals surface area contributed by atoms with Crippen LogP contribution >= 0.6 is 12.4 Å². The van der Waals surface area contributed by atoms with Crippen LogP contribution in [0, 0.1) is 0 Å². The van der Waals surface area contributed by atoms with Crippen molar-refractivity contribution in [3.8, 4) is 0 Å². The standard InChI is InChI=1S/C32H43N5O5.ClH/c1-21(25(33)14-17-29(34)38)42-20-24-11-9-22(10-12-24)7-5-3-4-6-8-23-13-15-26-28(19-23)36(2)32(41)37(26)27-16-18-30(39)35-31(27)40;/h9-13,15,19,21,25,27H,3-8,14,16-18,20,33H2,1-2H3,(H2,34,38)(H,35,39,40);1H/t21-,25+,27?;/m1./s1. The molecule has 1 aromatic heterocycles. The Bertz CT molecular complexity index is 1470. The summed E-state index contributed by atoms with van der Waals surface area (Å²) in [5, 5.41) is 2.35. The van der Waals surface area contributed by atoms with Crippen LogP contribution in [0.15, 0.2) is 47.3 Å². The van der Waals surface area contributed by atoms with Crippen molar-refractivity contribution in [2.45, 2.75) is 95.9 Å². The number of fused-ring (bicyclic) bond motifs is 1. The highest BCUT2D eigenvalue weighted by molar-refractivity contribution is 6.00. The fourth-order valence-corrected chi connectivity index (χ4v) is 5.50. The van der Waals surface area contributed by atoms with Gasteiger partial charge in [0, 0.05) is 25.9 Å². The van der Waals surface area contributed by atoms with Gasteiger partial charge in [0.25, 0.3) is 0 Å². The third-order valence-electron chi connectivity index (χ3n) is 8.22. The number of hydrogen-bond donors (Lipinski definition) is 3. The molecule has 1 unspecified atom stereocenters. The van der Waals surface area contributed by atoms with Crippen molar-refractivity contribution in [2.24, 2.45) is 18.5 Å². The van der Waals surface area contributed by atoms with Crippen molar-refractivity contribution in [3.63, 3.8) is 0 Å². The smallest absolute Gasteiger partial charge is 0.329 e. The van der Waals surface area contributed by atoms with E-state index < -0.39 is 11.9 Å². The van der Waals surface area contributed by atoms with E-state index in [9.17, 15) is 19.2 Å². The van der Waals surface area contributed by atoms with Crippen LogP contribution in [0.4, 0.5) is 0 Å². The molecule has 2 heterocycles. The van der Waals surface area contributed by atoms with Crippen molar-refractivity contribution >= 4 is 41.2 Å². The van der Waals surface area contributed by atoms with Gasteiger partial charge in [0.05, 0.1) is 23.7 Å². The average molecular weight is 614 g/mol. The minimum atomic E-state index is -0.664. The van der Waals surface area contributed by atoms with Crippen molar-refractivity contribution in [1.82, 2.24) is 14.5 Å². The highest BCUT2D eigenvalue weighted by Gasteiger charge is 2.31. The lowest BCUT2D eigenvalue weighted by Gasteiger charge is -2.21. The SMILES string of the molecule is C[C@@H](OCc1ccc(CCCCCCc2ccc3c(c2)n(C)c(=O)n3C2CCC(=O)NC2=O)cc1)[C@@H](N)CCC(N)=O.Cl. The number of imide groups is 1. The highest BCUT2D eigenvalue weighted by Crippen LogP contribution is 2.24. The van der Waals surface area contributed by atoms with Gasteiger partial charge in [-0.3, -0.25) is 28.8 Å². The summed E-state index contributed by atoms with van der Waals surface area (Å²) >= 11 is 0. The molecular weight excluding hydrogens is 570 g/mol. The predicted octanol–water partition coefficient (Wildman–Crippen LogP) is 3.58. The Kier molecular flexibility index (Phi) is 12.5. The minimum Gasteiger partial charge on any atom is -0.372 e. The first-order chi connectivity index (χ1) is 20.1. The van der Waals surface area contributed by atoms with Crippen LogP contribution in [0.2, 0.25) is 0 Å². The zero-order valence-corrected chi connectivity index (χ0v) is 25.9. The predicted molar refractivity (Wildman–Crippen MR) is 169 cm³/mol. The summed E-state index contributed by atoms with van der Waals surface area (Å²) in [6.45, 7) is 2.40. The van der Waals surface area contributed by atoms with E-state index in [1.807, 2.05) is 25.1 Å². The molecule has 4 rings (SSSR count). The fourth-order valence-electron chi connectivity index (χ4n) is 5.50. The van der Waals surface area contributed by atoms with Crippen molar-refractivity contribution < 1.29 is 19.1 Å². The lowest BCUT2D eigenvalue weighted by Crippen LogP contribution is -2.44. The maximum atomic E-state index is 13.0. The van der Waals surface area contributed by atoms with E-state index >= 15 is 0 Å². The molecule has 5 N–H and O–H groups in total. The molecular formula is C32H44ClN5O5. The van der Waals surface area contributed by atoms with Crippen LogP contribution in [0.1, 0.15) is 81.0 Å². The second-order valence-corrected chi connectivity index (χ2v) is 11.4. The number of nitrogens with zero attached hydrogens (tertiary/aromatic N) is 2. The summed E-state index contributed by atoms with van der Waals surface area (Å²) in [5.41, 5.74) is 16.1. The van der Waals surface area contributed by atoms with Gasteiger partial charge in [0.2, 0.25) is 17.7 Å². The third kappa shape index (κ3) is 9.01. The molecule has 3 atom stereocenters. The number of nitrogens with one attached hydrogen (secondary N) is 1. The van der Waals surface area contributed by atoms with Gasteiger partial charge in [0.15, 0.2) is 0 Å². The molecule has 10 nitrogen and oxygen atoms in total. The number of primary amides is 1. The first-order valence-electron chi connectivity index (χ1n) is 14.9. The number of aromatic nitrogens is 2. The Hall–Kier alpha value is -3.47. The number of hydrogen-bond acceptors (Lipinski definition) is 6. The fraction of sp³-hybridized carbons (Fsp3) is 0.500. The third-order valence-corrected chi connectivity index (χ3v) is 8.22. The van der Waals surface area contributed by atoms with E-state index in [0.717, 1.165) is 55.1 Å². The molecule has 0 saturated carbocycles. The molecule has 0 aliphatic carbocycles. The topological polar surface area (TPSA) is 151 Å². The lowest BCUT2D eigenvalue weighted by atomic mass is 10.0. The average Bonchev–Trinajstić information content (AvgIpc) is 3.21. The number of unbranched alkanes of at least 4 members (excludes halogenated alkanes) is 3. The van der Waals surface area contributed by atoms with Crippen LogP contribution in [0.5, 0.6) is 0 Å². The Labute approximate surface area is 258 Å². The Balaban J connectivity index is 0.00000506. The molecule has 1 aliphatic heterocycles. The van der Waals surface area contributed by atoms with Crippen molar-refractivity contribution in [1.29, 1.82) is 0 Å². The maximum Gasteiger partial charge on any atom is 0.329 e. The van der Waals surface area contributed by atoms with Gasteiger partial charge in [-0.2, -0.15) is 0 Å². The van der Waals surface area contributed by atoms with Gasteiger partial charge in [0.1, 0.15) is 6.04 Å². The minimum absolute atomic E-state index is 0. The summed E-state index contributed by atoms with van der Waals surface area (Å²) in [4.78, 5) is 47.8. The van der Waals surface area contributed by atoms with E-state index in [4.69, 9.17) is 16.2 Å². The molecule has 11 heteroatoms. The number of carbonyl (C=O) groups excluding carboxylic acids is 3. The van der Waals surface area contributed by atoms with Crippen molar-refractivity contribution in [2.75, 3.05) is 0 Å².